The van der Waals surface area contributed by atoms with E-state index in [4.69, 9.17) is 4.74 Å². The predicted molar refractivity (Wildman–Crippen MR) is 68.9 cm³/mol. The second-order valence-electron chi connectivity index (χ2n) is 5.12. The molecule has 18 heavy (non-hydrogen) atoms. The monoisotopic (exact) mass is 341 g/mol. The van der Waals surface area contributed by atoms with Gasteiger partial charge in [-0.25, -0.2) is 0 Å². The van der Waals surface area contributed by atoms with Crippen molar-refractivity contribution in [2.24, 2.45) is 0 Å². The summed E-state index contributed by atoms with van der Waals surface area (Å²) < 4.78 is 7.57. The Balaban J connectivity index is 0. The van der Waals surface area contributed by atoms with Crippen molar-refractivity contribution in [1.82, 2.24) is 0 Å². The normalized spacial score (nSPS) is 16.0. The van der Waals surface area contributed by atoms with Crippen LogP contribution in [0.1, 0.15) is 33.1 Å². The third kappa shape index (κ3) is 7.52. The van der Waals surface area contributed by atoms with Gasteiger partial charge in [0, 0.05) is 0 Å². The average Bonchev–Trinajstić information content (AvgIpc) is 2.57. The molecule has 0 N–H and O–H groups in total. The Bertz CT molecular complexity index is 291. The van der Waals surface area contributed by atoms with Crippen LogP contribution in [-0.2, 0) is 25.2 Å². The first-order chi connectivity index (χ1) is 7.50. The first-order valence-corrected chi connectivity index (χ1v) is 10.0. The molecule has 0 heterocycles. The van der Waals surface area contributed by atoms with Crippen LogP contribution >= 0.6 is 0 Å². The summed E-state index contributed by atoms with van der Waals surface area (Å²) in [6, 6.07) is 0. The Kier molecular flexibility index (Phi) is 12.6. The van der Waals surface area contributed by atoms with Gasteiger partial charge < -0.3 is 24.8 Å². The van der Waals surface area contributed by atoms with Crippen LogP contribution in [0, 0.1) is 0 Å². The minimum atomic E-state index is -0.691. The largest absolute Gasteiger partial charge is 1.00 e. The van der Waals surface area contributed by atoms with Gasteiger partial charge in [-0.15, -0.1) is 0 Å². The molecule has 1 aliphatic rings. The van der Waals surface area contributed by atoms with Crippen LogP contribution in [0.2, 0.25) is 13.1 Å². The summed E-state index contributed by atoms with van der Waals surface area (Å²) in [5.41, 5.74) is 2.08. The number of hydrogen-bond donors (Lipinski definition) is 0. The van der Waals surface area contributed by atoms with E-state index in [0.29, 0.717) is 11.8 Å². The Morgan fingerprint density at radius 1 is 1.33 bits per heavy atom. The molecule has 0 bridgehead atoms. The maximum absolute atomic E-state index is 6.02. The molecule has 0 aromatic heterocycles. The fourth-order valence-electron chi connectivity index (χ4n) is 1.99. The molecular formula is C13H23Cl2OSiTi. The molecular weight excluding hydrogens is 319 g/mol. The number of hydrogen-bond acceptors (Lipinski definition) is 1. The smallest absolute Gasteiger partial charge is 1.00 e. The van der Waals surface area contributed by atoms with Gasteiger partial charge >= 0.3 is 114 Å². The second kappa shape index (κ2) is 10.7. The zero-order valence-corrected chi connectivity index (χ0v) is 15.9. The van der Waals surface area contributed by atoms with E-state index in [-0.39, 0.29) is 24.8 Å². The Morgan fingerprint density at radius 2 is 1.94 bits per heavy atom. The van der Waals surface area contributed by atoms with Gasteiger partial charge in [-0.3, -0.25) is 0 Å². The molecule has 1 nitrogen and oxygen atoms in total. The van der Waals surface area contributed by atoms with Crippen LogP contribution in [0.4, 0.5) is 0 Å². The summed E-state index contributed by atoms with van der Waals surface area (Å²) in [6.45, 7) is 9.06. The quantitative estimate of drug-likeness (QED) is 0.480. The molecule has 0 aromatic rings. The molecule has 103 valence electrons. The van der Waals surface area contributed by atoms with E-state index in [2.05, 4.69) is 59.5 Å². The molecule has 1 aliphatic carbocycles. The third-order valence-electron chi connectivity index (χ3n) is 2.92. The van der Waals surface area contributed by atoms with Crippen LogP contribution in [0.5, 0.6) is 0 Å². The second-order valence-corrected chi connectivity index (χ2v) is 9.29. The standard InChI is InChI=1S/C13H23OSi.2ClH.Ti/c1-11(2)14-13(15(3)4)10-9-12-7-5-6-8-12;;;/h5,7,11,13,15H,6,9-10H2,1-4H3;2*1H;/q;;;+2/p-2. The predicted octanol–water partition coefficient (Wildman–Crippen LogP) is -2.65. The van der Waals surface area contributed by atoms with Gasteiger partial charge in [0.05, 0.1) is 0 Å². The van der Waals surface area contributed by atoms with E-state index < -0.39 is 8.80 Å². The first kappa shape index (κ1) is 21.3. The molecule has 1 rings (SSSR count). The fraction of sp³-hybridized carbons (Fsp3) is 0.692. The van der Waals surface area contributed by atoms with Crippen molar-refractivity contribution in [3.8, 4) is 0 Å². The van der Waals surface area contributed by atoms with E-state index in [0.717, 1.165) is 6.42 Å². The molecule has 1 unspecified atom stereocenters. The molecule has 5 heteroatoms. The van der Waals surface area contributed by atoms with Gasteiger partial charge in [0.2, 0.25) is 0 Å². The molecule has 0 saturated carbocycles. The Morgan fingerprint density at radius 3 is 2.33 bits per heavy atom. The van der Waals surface area contributed by atoms with Gasteiger partial charge in [-0.05, 0) is 0 Å². The number of ether oxygens (including phenoxy) is 1. The van der Waals surface area contributed by atoms with Crippen molar-refractivity contribution < 1.29 is 50.0 Å². The molecule has 0 fully saturated rings. The zero-order chi connectivity index (χ0) is 12.1. The Labute approximate surface area is 138 Å². The molecule has 0 aliphatic heterocycles. The van der Waals surface area contributed by atoms with Crippen molar-refractivity contribution in [2.45, 2.75) is 58.0 Å². The van der Waals surface area contributed by atoms with E-state index >= 15 is 0 Å². The number of allylic oxidation sites excluding steroid dienone is 4. The van der Waals surface area contributed by atoms with Crippen LogP contribution in [0.25, 0.3) is 0 Å². The minimum Gasteiger partial charge on any atom is -1.00 e. The maximum atomic E-state index is 6.02. The van der Waals surface area contributed by atoms with Crippen LogP contribution in [0.15, 0.2) is 21.6 Å². The summed E-state index contributed by atoms with van der Waals surface area (Å²) in [6.07, 6.45) is 8.50. The van der Waals surface area contributed by atoms with Gasteiger partial charge in [0.15, 0.2) is 0 Å². The maximum Gasteiger partial charge on any atom is -1.00 e. The molecule has 0 amide bonds. The van der Waals surface area contributed by atoms with Gasteiger partial charge in [-0.2, -0.15) is 0 Å². The van der Waals surface area contributed by atoms with Gasteiger partial charge in [0.25, 0.3) is 0 Å². The van der Waals surface area contributed by atoms with Gasteiger partial charge in [0.1, 0.15) is 0 Å². The summed E-state index contributed by atoms with van der Waals surface area (Å²) >= 11 is 2.25. The topological polar surface area (TPSA) is 9.23 Å². The summed E-state index contributed by atoms with van der Waals surface area (Å²) in [5, 5.41) is 0. The molecule has 0 saturated heterocycles. The van der Waals surface area contributed by atoms with Crippen LogP contribution in [-0.4, -0.2) is 20.6 Å². The fourth-order valence-corrected chi connectivity index (χ4v) is 3.96. The van der Waals surface area contributed by atoms with E-state index in [9.17, 15) is 0 Å². The SMILES string of the molecule is CC(C)OC(CCC1=[C]([Ti+2])CC=C1)[SiH](C)C.[Cl-].[Cl-]. The van der Waals surface area contributed by atoms with Crippen LogP contribution < -0.4 is 24.8 Å². The van der Waals surface area contributed by atoms with Gasteiger partial charge in [-0.1, -0.05) is 0 Å². The number of rotatable bonds is 6. The Hall–Kier alpha value is 0.951. The average molecular weight is 342 g/mol. The van der Waals surface area contributed by atoms with Crippen molar-refractivity contribution >= 4 is 8.80 Å². The van der Waals surface area contributed by atoms with Crippen molar-refractivity contribution in [3.05, 3.63) is 21.6 Å². The van der Waals surface area contributed by atoms with Crippen molar-refractivity contribution in [2.75, 3.05) is 0 Å². The molecule has 0 radical (unpaired) electrons. The minimum absolute atomic E-state index is 0. The first-order valence-electron chi connectivity index (χ1n) is 6.26. The van der Waals surface area contributed by atoms with E-state index in [1.165, 1.54) is 12.8 Å². The number of halogens is 2. The molecule has 0 spiro atoms. The summed E-state index contributed by atoms with van der Waals surface area (Å²) in [4.78, 5) is 0. The van der Waals surface area contributed by atoms with Crippen molar-refractivity contribution in [1.29, 1.82) is 0 Å². The summed E-state index contributed by atoms with van der Waals surface area (Å²) in [5.74, 6) is 0. The zero-order valence-electron chi connectivity index (χ0n) is 11.7. The summed E-state index contributed by atoms with van der Waals surface area (Å²) in [7, 11) is -0.691. The molecule has 0 aromatic carbocycles. The van der Waals surface area contributed by atoms with E-state index in [1.807, 2.05) is 0 Å². The molecule has 1 atom stereocenters. The third-order valence-corrected chi connectivity index (χ3v) is 5.72. The van der Waals surface area contributed by atoms with E-state index in [1.54, 1.807) is 9.45 Å². The van der Waals surface area contributed by atoms with Crippen LogP contribution in [0.3, 0.4) is 0 Å². The van der Waals surface area contributed by atoms with Crippen molar-refractivity contribution in [3.63, 3.8) is 0 Å².